The summed E-state index contributed by atoms with van der Waals surface area (Å²) in [5.74, 6) is -2.06. The molecule has 1 aliphatic carbocycles. The summed E-state index contributed by atoms with van der Waals surface area (Å²) >= 11 is 0. The van der Waals surface area contributed by atoms with E-state index in [4.69, 9.17) is 14.2 Å². The van der Waals surface area contributed by atoms with Gasteiger partial charge >= 0.3 is 11.9 Å². The lowest BCUT2D eigenvalue weighted by Gasteiger charge is -2.33. The second kappa shape index (κ2) is 9.61. The van der Waals surface area contributed by atoms with Crippen molar-refractivity contribution in [2.24, 2.45) is 5.92 Å². The van der Waals surface area contributed by atoms with Gasteiger partial charge in [0, 0.05) is 23.3 Å². The molecule has 0 radical (unpaired) electrons. The molecule has 0 aromatic rings. The molecule has 1 heterocycles. The molecule has 0 amide bonds. The van der Waals surface area contributed by atoms with Crippen molar-refractivity contribution in [3.63, 3.8) is 0 Å². The molecule has 2 aliphatic rings. The maximum absolute atomic E-state index is 12.3. The number of ether oxygens (including phenoxy) is 3. The van der Waals surface area contributed by atoms with Crippen LogP contribution in [-0.4, -0.2) is 54.9 Å². The van der Waals surface area contributed by atoms with E-state index in [0.717, 1.165) is 0 Å². The molecular formula is C21H26O7. The Morgan fingerprint density at radius 1 is 1.46 bits per heavy atom. The number of aliphatic hydroxyl groups is 1. The quantitative estimate of drug-likeness (QED) is 0.320. The second-order valence-corrected chi connectivity index (χ2v) is 6.79. The Kier molecular flexibility index (Phi) is 7.48. The fourth-order valence-corrected chi connectivity index (χ4v) is 3.34. The average Bonchev–Trinajstić information content (AvgIpc) is 2.94. The molecule has 1 saturated heterocycles. The van der Waals surface area contributed by atoms with Crippen LogP contribution in [0.25, 0.3) is 0 Å². The SMILES string of the molecule is C=C(C)C(=O)O[C@H]1[C@H]2C(=C)C(=O)O[C@@H]2C=C(CO)CC/C=C(/C=O)[C@H]1OCC. The molecule has 0 bridgehead atoms. The van der Waals surface area contributed by atoms with Crippen molar-refractivity contribution < 1.29 is 33.7 Å². The van der Waals surface area contributed by atoms with Gasteiger partial charge in [-0.25, -0.2) is 9.59 Å². The van der Waals surface area contributed by atoms with E-state index < -0.39 is 36.2 Å². The smallest absolute Gasteiger partial charge is 0.334 e. The molecule has 1 fully saturated rings. The second-order valence-electron chi connectivity index (χ2n) is 6.79. The zero-order chi connectivity index (χ0) is 20.8. The molecule has 7 nitrogen and oxygen atoms in total. The van der Waals surface area contributed by atoms with Crippen LogP contribution in [0.5, 0.6) is 0 Å². The maximum Gasteiger partial charge on any atom is 0.334 e. The largest absolute Gasteiger partial charge is 0.455 e. The Balaban J connectivity index is 2.61. The number of hydrogen-bond donors (Lipinski definition) is 1. The molecule has 152 valence electrons. The number of aliphatic hydroxyl groups excluding tert-OH is 1. The van der Waals surface area contributed by atoms with Crippen LogP contribution < -0.4 is 0 Å². The molecule has 28 heavy (non-hydrogen) atoms. The monoisotopic (exact) mass is 390 g/mol. The van der Waals surface area contributed by atoms with Crippen LogP contribution in [0.4, 0.5) is 0 Å². The van der Waals surface area contributed by atoms with Gasteiger partial charge in [-0.2, -0.15) is 0 Å². The van der Waals surface area contributed by atoms with Crippen LogP contribution in [0.2, 0.25) is 0 Å². The number of rotatable bonds is 6. The minimum atomic E-state index is -1.03. The van der Waals surface area contributed by atoms with Gasteiger partial charge in [0.15, 0.2) is 0 Å². The van der Waals surface area contributed by atoms with Crippen LogP contribution >= 0.6 is 0 Å². The van der Waals surface area contributed by atoms with Crippen molar-refractivity contribution in [1.82, 2.24) is 0 Å². The predicted molar refractivity (Wildman–Crippen MR) is 101 cm³/mol. The van der Waals surface area contributed by atoms with Gasteiger partial charge < -0.3 is 19.3 Å². The van der Waals surface area contributed by atoms with Crippen LogP contribution in [0.3, 0.4) is 0 Å². The number of aldehydes is 1. The highest BCUT2D eigenvalue weighted by molar-refractivity contribution is 5.92. The van der Waals surface area contributed by atoms with E-state index in [1.54, 1.807) is 19.1 Å². The summed E-state index contributed by atoms with van der Waals surface area (Å²) in [6.07, 6.45) is 2.24. The molecule has 4 atom stereocenters. The minimum absolute atomic E-state index is 0.119. The van der Waals surface area contributed by atoms with Gasteiger partial charge in [0.25, 0.3) is 0 Å². The predicted octanol–water partition coefficient (Wildman–Crippen LogP) is 1.81. The topological polar surface area (TPSA) is 99.1 Å². The van der Waals surface area contributed by atoms with Crippen LogP contribution in [0, 0.1) is 5.92 Å². The summed E-state index contributed by atoms with van der Waals surface area (Å²) in [5.41, 5.74) is 1.24. The van der Waals surface area contributed by atoms with Crippen molar-refractivity contribution in [1.29, 1.82) is 0 Å². The van der Waals surface area contributed by atoms with Crippen LogP contribution in [0.1, 0.15) is 26.7 Å². The van der Waals surface area contributed by atoms with Crippen molar-refractivity contribution in [3.05, 3.63) is 47.6 Å². The zero-order valence-corrected chi connectivity index (χ0v) is 16.2. The molecule has 0 aromatic carbocycles. The fourth-order valence-electron chi connectivity index (χ4n) is 3.34. The molecule has 0 saturated carbocycles. The normalized spacial score (nSPS) is 29.7. The van der Waals surface area contributed by atoms with E-state index in [1.165, 1.54) is 6.92 Å². The van der Waals surface area contributed by atoms with E-state index in [0.29, 0.717) is 30.3 Å². The number of carbonyl (C=O) groups excluding carboxylic acids is 3. The van der Waals surface area contributed by atoms with Crippen molar-refractivity contribution in [3.8, 4) is 0 Å². The van der Waals surface area contributed by atoms with Gasteiger partial charge in [-0.1, -0.05) is 19.2 Å². The third-order valence-corrected chi connectivity index (χ3v) is 4.76. The van der Waals surface area contributed by atoms with Gasteiger partial charge in [0.1, 0.15) is 24.6 Å². The molecule has 1 aliphatic heterocycles. The fraction of sp³-hybridized carbons (Fsp3) is 0.476. The van der Waals surface area contributed by atoms with E-state index in [9.17, 15) is 19.5 Å². The average molecular weight is 390 g/mol. The number of allylic oxidation sites excluding steroid dienone is 1. The number of hydrogen-bond acceptors (Lipinski definition) is 7. The summed E-state index contributed by atoms with van der Waals surface area (Å²) in [7, 11) is 0. The maximum atomic E-state index is 12.3. The Bertz CT molecular complexity index is 731. The van der Waals surface area contributed by atoms with Gasteiger partial charge in [-0.3, -0.25) is 4.79 Å². The number of esters is 2. The first-order valence-corrected chi connectivity index (χ1v) is 9.17. The van der Waals surface area contributed by atoms with E-state index in [1.807, 2.05) is 0 Å². The first-order valence-electron chi connectivity index (χ1n) is 9.17. The lowest BCUT2D eigenvalue weighted by atomic mass is 9.83. The van der Waals surface area contributed by atoms with Crippen LogP contribution in [0.15, 0.2) is 47.6 Å². The van der Waals surface area contributed by atoms with Gasteiger partial charge in [-0.15, -0.1) is 0 Å². The minimum Gasteiger partial charge on any atom is -0.455 e. The lowest BCUT2D eigenvalue weighted by Crippen LogP contribution is -2.44. The third kappa shape index (κ3) is 4.66. The molecular weight excluding hydrogens is 364 g/mol. The van der Waals surface area contributed by atoms with E-state index in [-0.39, 0.29) is 24.4 Å². The highest BCUT2D eigenvalue weighted by atomic mass is 16.6. The zero-order valence-electron chi connectivity index (χ0n) is 16.2. The Hall–Kier alpha value is -2.51. The Morgan fingerprint density at radius 2 is 2.18 bits per heavy atom. The molecule has 7 heteroatoms. The van der Waals surface area contributed by atoms with Gasteiger partial charge in [0.05, 0.1) is 12.5 Å². The highest BCUT2D eigenvalue weighted by Gasteiger charge is 2.48. The van der Waals surface area contributed by atoms with Crippen molar-refractivity contribution >= 4 is 18.2 Å². The standard InChI is InChI=1S/C21H26O7/c1-5-26-18-15(11-23)8-6-7-14(10-22)9-16-17(13(4)21(25)27-16)19(18)28-20(24)12(2)3/h8-9,11,16-19,22H,2,4-7,10H2,1,3H3/b14-9?,15-8-/t16-,17+,18-,19+/m1/s1. The van der Waals surface area contributed by atoms with E-state index in [2.05, 4.69) is 13.2 Å². The molecule has 2 rings (SSSR count). The summed E-state index contributed by atoms with van der Waals surface area (Å²) in [5, 5.41) is 9.62. The third-order valence-electron chi connectivity index (χ3n) is 4.76. The highest BCUT2D eigenvalue weighted by Crippen LogP contribution is 2.37. The first kappa shape index (κ1) is 21.8. The summed E-state index contributed by atoms with van der Waals surface area (Å²) in [6, 6.07) is 0. The molecule has 0 aromatic heterocycles. The number of fused-ring (bicyclic) bond motifs is 1. The van der Waals surface area contributed by atoms with Crippen molar-refractivity contribution in [2.75, 3.05) is 13.2 Å². The molecule has 1 N–H and O–H groups in total. The number of carbonyl (C=O) groups is 3. The van der Waals surface area contributed by atoms with Crippen molar-refractivity contribution in [2.45, 2.75) is 45.0 Å². The Morgan fingerprint density at radius 3 is 2.75 bits per heavy atom. The molecule has 0 unspecified atom stereocenters. The lowest BCUT2D eigenvalue weighted by molar-refractivity contribution is -0.156. The molecule has 0 spiro atoms. The van der Waals surface area contributed by atoms with Gasteiger partial charge in [0.2, 0.25) is 0 Å². The Labute approximate surface area is 164 Å². The summed E-state index contributed by atoms with van der Waals surface area (Å²) in [6.45, 7) is 10.7. The van der Waals surface area contributed by atoms with Gasteiger partial charge in [-0.05, 0) is 38.3 Å². The first-order chi connectivity index (χ1) is 13.3. The van der Waals surface area contributed by atoms with E-state index >= 15 is 0 Å². The summed E-state index contributed by atoms with van der Waals surface area (Å²) < 4.78 is 16.8. The van der Waals surface area contributed by atoms with Crippen LogP contribution in [-0.2, 0) is 28.6 Å². The summed E-state index contributed by atoms with van der Waals surface area (Å²) in [4.78, 5) is 36.3.